The van der Waals surface area contributed by atoms with Crippen LogP contribution in [0.4, 0.5) is 0 Å². The van der Waals surface area contributed by atoms with Gasteiger partial charge in [-0.1, -0.05) is 13.3 Å². The van der Waals surface area contributed by atoms with Gasteiger partial charge in [0.05, 0.1) is 12.2 Å². The molecular formula is C12H18N2O2S. The number of hydrogen-bond donors (Lipinski definition) is 1. The zero-order valence-corrected chi connectivity index (χ0v) is 10.9. The molecule has 0 amide bonds. The highest BCUT2D eigenvalue weighted by molar-refractivity contribution is 7.13. The maximum Gasteiger partial charge on any atom is 0.347 e. The molecule has 0 atom stereocenters. The van der Waals surface area contributed by atoms with Crippen molar-refractivity contribution in [3.63, 3.8) is 0 Å². The predicted molar refractivity (Wildman–Crippen MR) is 67.6 cm³/mol. The Balaban J connectivity index is 2.07. The molecule has 17 heavy (non-hydrogen) atoms. The number of thiazole rings is 1. The van der Waals surface area contributed by atoms with E-state index in [1.807, 2.05) is 6.92 Å². The standard InChI is InChI=1S/C12H18N2O2S/c1-2-9-11(12(15)16)17-10(13-9)8-14-6-4-3-5-7-14/h2-8H2,1H3,(H,15,16). The number of aromatic carboxylic acids is 1. The lowest BCUT2D eigenvalue weighted by Crippen LogP contribution is -2.29. The molecule has 2 rings (SSSR count). The first-order valence-corrected chi connectivity index (χ1v) is 6.96. The molecule has 0 bridgehead atoms. The van der Waals surface area contributed by atoms with Gasteiger partial charge in [0.2, 0.25) is 0 Å². The van der Waals surface area contributed by atoms with Gasteiger partial charge in [-0.3, -0.25) is 4.90 Å². The van der Waals surface area contributed by atoms with Crippen LogP contribution in [0.15, 0.2) is 0 Å². The summed E-state index contributed by atoms with van der Waals surface area (Å²) in [5, 5.41) is 10.0. The van der Waals surface area contributed by atoms with Gasteiger partial charge in [-0.25, -0.2) is 9.78 Å². The van der Waals surface area contributed by atoms with Crippen molar-refractivity contribution in [1.29, 1.82) is 0 Å². The Morgan fingerprint density at radius 3 is 2.65 bits per heavy atom. The first-order valence-electron chi connectivity index (χ1n) is 6.15. The second-order valence-corrected chi connectivity index (χ2v) is 5.46. The fourth-order valence-corrected chi connectivity index (χ4v) is 3.22. The summed E-state index contributed by atoms with van der Waals surface area (Å²) < 4.78 is 0. The summed E-state index contributed by atoms with van der Waals surface area (Å²) in [6.07, 6.45) is 4.50. The minimum atomic E-state index is -0.843. The molecule has 1 fully saturated rings. The summed E-state index contributed by atoms with van der Waals surface area (Å²) in [7, 11) is 0. The second-order valence-electron chi connectivity index (χ2n) is 4.38. The van der Waals surface area contributed by atoms with Crippen molar-refractivity contribution in [2.75, 3.05) is 13.1 Å². The number of piperidine rings is 1. The van der Waals surface area contributed by atoms with Crippen LogP contribution in [0.2, 0.25) is 0 Å². The molecule has 2 heterocycles. The van der Waals surface area contributed by atoms with Gasteiger partial charge in [0.1, 0.15) is 9.88 Å². The highest BCUT2D eigenvalue weighted by atomic mass is 32.1. The molecule has 0 unspecified atom stereocenters. The molecule has 1 saturated heterocycles. The van der Waals surface area contributed by atoms with Gasteiger partial charge < -0.3 is 5.11 Å². The quantitative estimate of drug-likeness (QED) is 0.896. The molecule has 1 N–H and O–H groups in total. The second kappa shape index (κ2) is 5.60. The Morgan fingerprint density at radius 1 is 1.41 bits per heavy atom. The van der Waals surface area contributed by atoms with E-state index in [4.69, 9.17) is 5.11 Å². The van der Waals surface area contributed by atoms with E-state index in [1.54, 1.807) is 0 Å². The Labute approximate surface area is 105 Å². The number of hydrogen-bond acceptors (Lipinski definition) is 4. The molecule has 0 aromatic carbocycles. The van der Waals surface area contributed by atoms with Crippen LogP contribution >= 0.6 is 11.3 Å². The van der Waals surface area contributed by atoms with Crippen molar-refractivity contribution >= 4 is 17.3 Å². The van der Waals surface area contributed by atoms with E-state index in [0.717, 1.165) is 30.3 Å². The average molecular weight is 254 g/mol. The molecule has 94 valence electrons. The number of aryl methyl sites for hydroxylation is 1. The summed E-state index contributed by atoms with van der Waals surface area (Å²) >= 11 is 1.33. The van der Waals surface area contributed by atoms with E-state index in [-0.39, 0.29) is 0 Å². The van der Waals surface area contributed by atoms with Crippen LogP contribution < -0.4 is 0 Å². The van der Waals surface area contributed by atoms with Crippen molar-refractivity contribution in [1.82, 2.24) is 9.88 Å². The van der Waals surface area contributed by atoms with E-state index in [0.29, 0.717) is 11.3 Å². The lowest BCUT2D eigenvalue weighted by atomic mass is 10.1. The van der Waals surface area contributed by atoms with Gasteiger partial charge in [0, 0.05) is 0 Å². The molecule has 5 heteroatoms. The molecule has 1 aromatic rings. The van der Waals surface area contributed by atoms with E-state index in [2.05, 4.69) is 9.88 Å². The highest BCUT2D eigenvalue weighted by Gasteiger charge is 2.18. The smallest absolute Gasteiger partial charge is 0.347 e. The zero-order valence-electron chi connectivity index (χ0n) is 10.1. The summed E-state index contributed by atoms with van der Waals surface area (Å²) in [4.78, 5) is 18.3. The molecule has 0 spiro atoms. The van der Waals surface area contributed by atoms with Gasteiger partial charge in [0.25, 0.3) is 0 Å². The molecule has 0 saturated carbocycles. The number of carboxylic acid groups (broad SMARTS) is 1. The Hall–Kier alpha value is -0.940. The first kappa shape index (κ1) is 12.5. The molecule has 0 aliphatic carbocycles. The number of likely N-dealkylation sites (tertiary alicyclic amines) is 1. The Morgan fingerprint density at radius 2 is 2.12 bits per heavy atom. The normalized spacial score (nSPS) is 17.2. The van der Waals surface area contributed by atoms with Gasteiger partial charge in [-0.2, -0.15) is 0 Å². The van der Waals surface area contributed by atoms with Crippen LogP contribution in [0.5, 0.6) is 0 Å². The van der Waals surface area contributed by atoms with Crippen molar-refractivity contribution in [2.45, 2.75) is 39.2 Å². The summed E-state index contributed by atoms with van der Waals surface area (Å²) in [6.45, 7) is 4.99. The van der Waals surface area contributed by atoms with Crippen LogP contribution in [0, 0.1) is 0 Å². The summed E-state index contributed by atoms with van der Waals surface area (Å²) in [6, 6.07) is 0. The van der Waals surface area contributed by atoms with Crippen LogP contribution in [-0.4, -0.2) is 34.0 Å². The zero-order chi connectivity index (χ0) is 12.3. The fourth-order valence-electron chi connectivity index (χ4n) is 2.18. The highest BCUT2D eigenvalue weighted by Crippen LogP contribution is 2.22. The van der Waals surface area contributed by atoms with Crippen molar-refractivity contribution in [3.05, 3.63) is 15.6 Å². The van der Waals surface area contributed by atoms with E-state index >= 15 is 0 Å². The van der Waals surface area contributed by atoms with Gasteiger partial charge in [0.15, 0.2) is 0 Å². The SMILES string of the molecule is CCc1nc(CN2CCCCC2)sc1C(=O)O. The average Bonchev–Trinajstić information content (AvgIpc) is 2.73. The number of carbonyl (C=O) groups is 1. The third-order valence-corrected chi connectivity index (χ3v) is 4.15. The molecular weight excluding hydrogens is 236 g/mol. The Kier molecular flexibility index (Phi) is 4.12. The van der Waals surface area contributed by atoms with Crippen molar-refractivity contribution in [2.24, 2.45) is 0 Å². The number of nitrogens with zero attached hydrogens (tertiary/aromatic N) is 2. The third kappa shape index (κ3) is 3.04. The number of carboxylic acids is 1. The predicted octanol–water partition coefficient (Wildman–Crippen LogP) is 2.39. The van der Waals surface area contributed by atoms with Crippen LogP contribution in [0.25, 0.3) is 0 Å². The maximum atomic E-state index is 11.0. The van der Waals surface area contributed by atoms with Crippen LogP contribution in [0.1, 0.15) is 46.6 Å². The third-order valence-electron chi connectivity index (χ3n) is 3.08. The molecule has 0 radical (unpaired) electrons. The monoisotopic (exact) mass is 254 g/mol. The topological polar surface area (TPSA) is 53.4 Å². The molecule has 1 aromatic heterocycles. The summed E-state index contributed by atoms with van der Waals surface area (Å²) in [5.74, 6) is -0.843. The van der Waals surface area contributed by atoms with Gasteiger partial charge >= 0.3 is 5.97 Å². The first-order chi connectivity index (χ1) is 8.20. The maximum absolute atomic E-state index is 11.0. The molecule has 1 aliphatic rings. The Bertz CT molecular complexity index is 397. The lowest BCUT2D eigenvalue weighted by Gasteiger charge is -2.25. The van der Waals surface area contributed by atoms with Gasteiger partial charge in [-0.05, 0) is 32.4 Å². The fraction of sp³-hybridized carbons (Fsp3) is 0.667. The number of rotatable bonds is 4. The van der Waals surface area contributed by atoms with E-state index < -0.39 is 5.97 Å². The van der Waals surface area contributed by atoms with Crippen molar-refractivity contribution in [3.8, 4) is 0 Å². The largest absolute Gasteiger partial charge is 0.477 e. The minimum absolute atomic E-state index is 0.416. The van der Waals surface area contributed by atoms with Crippen molar-refractivity contribution < 1.29 is 9.90 Å². The van der Waals surface area contributed by atoms with E-state index in [9.17, 15) is 4.79 Å². The molecule has 4 nitrogen and oxygen atoms in total. The minimum Gasteiger partial charge on any atom is -0.477 e. The van der Waals surface area contributed by atoms with Crippen LogP contribution in [-0.2, 0) is 13.0 Å². The van der Waals surface area contributed by atoms with E-state index in [1.165, 1.54) is 30.6 Å². The van der Waals surface area contributed by atoms with Gasteiger partial charge in [-0.15, -0.1) is 11.3 Å². The number of aromatic nitrogens is 1. The summed E-state index contributed by atoms with van der Waals surface area (Å²) in [5.41, 5.74) is 0.731. The lowest BCUT2D eigenvalue weighted by molar-refractivity contribution is 0.0701. The van der Waals surface area contributed by atoms with Crippen LogP contribution in [0.3, 0.4) is 0 Å². The molecule has 1 aliphatic heterocycles.